The van der Waals surface area contributed by atoms with Crippen LogP contribution in [0.15, 0.2) is 12.3 Å². The Kier molecular flexibility index (Phi) is 2.23. The summed E-state index contributed by atoms with van der Waals surface area (Å²) in [5, 5.41) is 8.46. The molecular formula is C7H6FNO3. The van der Waals surface area contributed by atoms with E-state index < -0.39 is 11.8 Å². The highest BCUT2D eigenvalue weighted by molar-refractivity contribution is 5.85. The molecule has 64 valence electrons. The number of carbonyl (C=O) groups is 1. The lowest BCUT2D eigenvalue weighted by atomic mass is 10.3. The Morgan fingerprint density at radius 1 is 1.75 bits per heavy atom. The molecule has 0 amide bonds. The molecule has 4 nitrogen and oxygen atoms in total. The highest BCUT2D eigenvalue weighted by Crippen LogP contribution is 2.15. The standard InChI is InChI=1S/C7H6FNO3/c1-12-6-2-5(7(10)11)9-3-4(6)8/h2-3H,1H3,(H,10,11). The van der Waals surface area contributed by atoms with Gasteiger partial charge in [0.1, 0.15) is 0 Å². The molecule has 1 rings (SSSR count). The van der Waals surface area contributed by atoms with Crippen LogP contribution in [0.5, 0.6) is 5.75 Å². The van der Waals surface area contributed by atoms with E-state index in [0.717, 1.165) is 12.3 Å². The van der Waals surface area contributed by atoms with Crippen LogP contribution >= 0.6 is 0 Å². The Morgan fingerprint density at radius 3 is 2.92 bits per heavy atom. The zero-order valence-corrected chi connectivity index (χ0v) is 6.24. The van der Waals surface area contributed by atoms with Gasteiger partial charge in [-0.05, 0) is 0 Å². The molecule has 12 heavy (non-hydrogen) atoms. The van der Waals surface area contributed by atoms with Gasteiger partial charge in [-0.3, -0.25) is 0 Å². The molecule has 1 aromatic rings. The van der Waals surface area contributed by atoms with Gasteiger partial charge in [-0.1, -0.05) is 0 Å². The van der Waals surface area contributed by atoms with Gasteiger partial charge in [-0.2, -0.15) is 0 Å². The summed E-state index contributed by atoms with van der Waals surface area (Å²) in [7, 11) is 1.25. The smallest absolute Gasteiger partial charge is 0.354 e. The predicted molar refractivity (Wildman–Crippen MR) is 37.7 cm³/mol. The molecule has 0 fully saturated rings. The average Bonchev–Trinajstić information content (AvgIpc) is 2.05. The Hall–Kier alpha value is -1.65. The number of carboxylic acids is 1. The number of aromatic carboxylic acids is 1. The molecule has 0 bridgehead atoms. The van der Waals surface area contributed by atoms with Gasteiger partial charge >= 0.3 is 5.97 Å². The van der Waals surface area contributed by atoms with Crippen molar-refractivity contribution in [3.05, 3.63) is 23.8 Å². The second-order valence-electron chi connectivity index (χ2n) is 2.01. The molecule has 0 saturated heterocycles. The zero-order valence-electron chi connectivity index (χ0n) is 6.24. The Labute approximate surface area is 67.6 Å². The van der Waals surface area contributed by atoms with Crippen LogP contribution in [0, 0.1) is 5.82 Å². The van der Waals surface area contributed by atoms with Crippen molar-refractivity contribution < 1.29 is 19.0 Å². The topological polar surface area (TPSA) is 59.4 Å². The van der Waals surface area contributed by atoms with Crippen LogP contribution in [-0.2, 0) is 0 Å². The van der Waals surface area contributed by atoms with Crippen molar-refractivity contribution in [1.82, 2.24) is 4.98 Å². The minimum Gasteiger partial charge on any atom is -0.494 e. The average molecular weight is 171 g/mol. The number of nitrogens with zero attached hydrogens (tertiary/aromatic N) is 1. The maximum atomic E-state index is 12.7. The Bertz CT molecular complexity index is 314. The molecule has 1 heterocycles. The van der Waals surface area contributed by atoms with Crippen molar-refractivity contribution in [3.8, 4) is 5.75 Å². The van der Waals surface area contributed by atoms with Crippen LogP contribution in [0.1, 0.15) is 10.5 Å². The minimum atomic E-state index is -1.21. The normalized spacial score (nSPS) is 9.50. The van der Waals surface area contributed by atoms with Crippen molar-refractivity contribution in [2.45, 2.75) is 0 Å². The largest absolute Gasteiger partial charge is 0.494 e. The molecule has 5 heteroatoms. The number of ether oxygens (including phenoxy) is 1. The number of carboxylic acid groups (broad SMARTS) is 1. The van der Waals surface area contributed by atoms with E-state index in [9.17, 15) is 9.18 Å². The van der Waals surface area contributed by atoms with Crippen molar-refractivity contribution >= 4 is 5.97 Å². The Morgan fingerprint density at radius 2 is 2.42 bits per heavy atom. The number of halogens is 1. The Balaban J connectivity index is 3.13. The summed E-state index contributed by atoms with van der Waals surface area (Å²) in [6.07, 6.45) is 0.808. The zero-order chi connectivity index (χ0) is 9.14. The highest BCUT2D eigenvalue weighted by Gasteiger charge is 2.09. The molecule has 0 unspecified atom stereocenters. The summed E-state index contributed by atoms with van der Waals surface area (Å²) < 4.78 is 17.2. The number of methoxy groups -OCH3 is 1. The number of hydrogen-bond donors (Lipinski definition) is 1. The van der Waals surface area contributed by atoms with Gasteiger partial charge < -0.3 is 9.84 Å². The van der Waals surface area contributed by atoms with Crippen molar-refractivity contribution in [2.75, 3.05) is 7.11 Å². The molecule has 1 aromatic heterocycles. The third-order valence-corrected chi connectivity index (χ3v) is 1.26. The molecule has 0 radical (unpaired) electrons. The maximum absolute atomic E-state index is 12.7. The molecule has 0 spiro atoms. The van der Waals surface area contributed by atoms with E-state index in [0.29, 0.717) is 0 Å². The summed E-state index contributed by atoms with van der Waals surface area (Å²) in [5.41, 5.74) is -0.242. The van der Waals surface area contributed by atoms with Crippen molar-refractivity contribution in [2.24, 2.45) is 0 Å². The van der Waals surface area contributed by atoms with Crippen LogP contribution in [-0.4, -0.2) is 23.2 Å². The van der Waals surface area contributed by atoms with Crippen molar-refractivity contribution in [3.63, 3.8) is 0 Å². The fraction of sp³-hybridized carbons (Fsp3) is 0.143. The van der Waals surface area contributed by atoms with E-state index >= 15 is 0 Å². The van der Waals surface area contributed by atoms with E-state index in [1.165, 1.54) is 7.11 Å². The fourth-order valence-electron chi connectivity index (χ4n) is 0.694. The number of hydrogen-bond acceptors (Lipinski definition) is 3. The van der Waals surface area contributed by atoms with Crippen LogP contribution in [0.3, 0.4) is 0 Å². The van der Waals surface area contributed by atoms with Crippen LogP contribution in [0.2, 0.25) is 0 Å². The SMILES string of the molecule is COc1cc(C(=O)O)ncc1F. The first kappa shape index (κ1) is 8.45. The minimum absolute atomic E-state index is 0.123. The van der Waals surface area contributed by atoms with E-state index in [2.05, 4.69) is 9.72 Å². The van der Waals surface area contributed by atoms with Gasteiger partial charge in [0.2, 0.25) is 0 Å². The molecule has 1 N–H and O–H groups in total. The lowest BCUT2D eigenvalue weighted by Crippen LogP contribution is -2.01. The van der Waals surface area contributed by atoms with E-state index in [1.54, 1.807) is 0 Å². The van der Waals surface area contributed by atoms with Crippen LogP contribution < -0.4 is 4.74 Å². The van der Waals surface area contributed by atoms with Gasteiger partial charge in [0, 0.05) is 6.07 Å². The van der Waals surface area contributed by atoms with Crippen molar-refractivity contribution in [1.29, 1.82) is 0 Å². The summed E-state index contributed by atoms with van der Waals surface area (Å²) in [6, 6.07) is 1.03. The number of pyridine rings is 1. The first-order valence-electron chi connectivity index (χ1n) is 3.08. The first-order chi connectivity index (χ1) is 5.65. The molecule has 0 saturated carbocycles. The molecule has 0 aromatic carbocycles. The highest BCUT2D eigenvalue weighted by atomic mass is 19.1. The summed E-state index contributed by atoms with van der Waals surface area (Å²) >= 11 is 0. The number of aromatic nitrogens is 1. The molecule has 0 aliphatic carbocycles. The molecule has 0 aliphatic heterocycles. The first-order valence-corrected chi connectivity index (χ1v) is 3.08. The van der Waals surface area contributed by atoms with E-state index in [-0.39, 0.29) is 11.4 Å². The van der Waals surface area contributed by atoms with Gasteiger partial charge in [0.15, 0.2) is 17.3 Å². The summed E-state index contributed by atoms with van der Waals surface area (Å²) in [6.45, 7) is 0. The van der Waals surface area contributed by atoms with Crippen LogP contribution in [0.25, 0.3) is 0 Å². The van der Waals surface area contributed by atoms with E-state index in [1.807, 2.05) is 0 Å². The summed E-state index contributed by atoms with van der Waals surface area (Å²) in [4.78, 5) is 13.7. The van der Waals surface area contributed by atoms with E-state index in [4.69, 9.17) is 5.11 Å². The predicted octanol–water partition coefficient (Wildman–Crippen LogP) is 0.927. The summed E-state index contributed by atoms with van der Waals surface area (Å²) in [5.74, 6) is -2.02. The van der Waals surface area contributed by atoms with Crippen LogP contribution in [0.4, 0.5) is 4.39 Å². The molecular weight excluding hydrogens is 165 g/mol. The molecule has 0 aliphatic rings. The van der Waals surface area contributed by atoms with Gasteiger partial charge in [0.25, 0.3) is 0 Å². The fourth-order valence-corrected chi connectivity index (χ4v) is 0.694. The van der Waals surface area contributed by atoms with Gasteiger partial charge in [0.05, 0.1) is 13.3 Å². The quantitative estimate of drug-likeness (QED) is 0.718. The van der Waals surface area contributed by atoms with Gasteiger partial charge in [-0.15, -0.1) is 0 Å². The third kappa shape index (κ3) is 1.50. The second kappa shape index (κ2) is 3.17. The van der Waals surface area contributed by atoms with Gasteiger partial charge in [-0.25, -0.2) is 14.2 Å². The number of rotatable bonds is 2. The second-order valence-corrected chi connectivity index (χ2v) is 2.01. The lowest BCUT2D eigenvalue weighted by Gasteiger charge is -2.00. The molecule has 0 atom stereocenters. The lowest BCUT2D eigenvalue weighted by molar-refractivity contribution is 0.0690. The monoisotopic (exact) mass is 171 g/mol. The maximum Gasteiger partial charge on any atom is 0.354 e. The third-order valence-electron chi connectivity index (χ3n) is 1.26.